The van der Waals surface area contributed by atoms with E-state index in [1.165, 1.54) is 11.1 Å². The third-order valence-electron chi connectivity index (χ3n) is 4.60. The molecule has 0 amide bonds. The van der Waals surface area contributed by atoms with Crippen molar-refractivity contribution in [3.63, 3.8) is 0 Å². The van der Waals surface area contributed by atoms with Crippen molar-refractivity contribution in [1.82, 2.24) is 0 Å². The first-order chi connectivity index (χ1) is 12.1. The number of halogens is 1. The molecule has 0 heterocycles. The van der Waals surface area contributed by atoms with Gasteiger partial charge in [0.05, 0.1) is 12.3 Å². The number of carboxylic acids is 1. The molecule has 0 bridgehead atoms. The molecule has 130 valence electrons. The van der Waals surface area contributed by atoms with Crippen LogP contribution < -0.4 is 4.74 Å². The van der Waals surface area contributed by atoms with Crippen molar-refractivity contribution >= 4 is 21.9 Å². The van der Waals surface area contributed by atoms with E-state index in [1.54, 1.807) is 6.92 Å². The molecule has 3 rings (SSSR count). The number of carbonyl (C=O) groups is 1. The van der Waals surface area contributed by atoms with Crippen molar-refractivity contribution in [2.24, 2.45) is 0 Å². The Balaban J connectivity index is 1.70. The quantitative estimate of drug-likeness (QED) is 0.568. The second-order valence-electron chi connectivity index (χ2n) is 6.36. The summed E-state index contributed by atoms with van der Waals surface area (Å²) in [5.74, 6) is 5.48. The molecule has 0 aliphatic heterocycles. The number of hydrogen-bond acceptors (Lipinski definition) is 2. The van der Waals surface area contributed by atoms with Crippen LogP contribution >= 0.6 is 15.9 Å². The van der Waals surface area contributed by atoms with Crippen molar-refractivity contribution in [2.45, 2.75) is 49.5 Å². The second-order valence-corrected chi connectivity index (χ2v) is 7.54. The van der Waals surface area contributed by atoms with Gasteiger partial charge in [0.15, 0.2) is 0 Å². The number of hydrogen-bond donors (Lipinski definition) is 1. The Kier molecular flexibility index (Phi) is 5.65. The molecule has 2 aliphatic carbocycles. The number of fused-ring (bicyclic) bond motifs is 1. The minimum absolute atomic E-state index is 0.0123. The number of carboxylic acid groups (broad SMARTS) is 1. The van der Waals surface area contributed by atoms with E-state index in [0.717, 1.165) is 30.6 Å². The maximum atomic E-state index is 11.0. The van der Waals surface area contributed by atoms with E-state index in [2.05, 4.69) is 39.9 Å². The van der Waals surface area contributed by atoms with E-state index < -0.39 is 5.97 Å². The highest BCUT2D eigenvalue weighted by Crippen LogP contribution is 2.38. The Morgan fingerprint density at radius 3 is 2.84 bits per heavy atom. The van der Waals surface area contributed by atoms with Gasteiger partial charge in [-0.25, -0.2) is 0 Å². The van der Waals surface area contributed by atoms with Gasteiger partial charge in [0.1, 0.15) is 11.9 Å². The molecule has 0 saturated heterocycles. The molecule has 2 unspecified atom stereocenters. The number of rotatable bonds is 5. The highest BCUT2D eigenvalue weighted by atomic mass is 79.9. The average Bonchev–Trinajstić information content (AvgIpc) is 2.97. The van der Waals surface area contributed by atoms with Crippen molar-refractivity contribution in [3.05, 3.63) is 53.1 Å². The maximum absolute atomic E-state index is 11.0. The molecule has 2 aliphatic rings. The van der Waals surface area contributed by atoms with Crippen molar-refractivity contribution in [1.29, 1.82) is 0 Å². The van der Waals surface area contributed by atoms with Crippen molar-refractivity contribution in [2.75, 3.05) is 0 Å². The zero-order chi connectivity index (χ0) is 17.8. The molecule has 4 heteroatoms. The molecule has 25 heavy (non-hydrogen) atoms. The van der Waals surface area contributed by atoms with Gasteiger partial charge in [0.25, 0.3) is 0 Å². The Morgan fingerprint density at radius 1 is 1.40 bits per heavy atom. The molecule has 1 aromatic rings. The lowest BCUT2D eigenvalue weighted by Gasteiger charge is -2.19. The summed E-state index contributed by atoms with van der Waals surface area (Å²) in [5.41, 5.74) is 3.63. The Hall–Kier alpha value is -1.99. The third-order valence-corrected chi connectivity index (χ3v) is 5.23. The summed E-state index contributed by atoms with van der Waals surface area (Å²) in [6, 6.07) is 7.67. The van der Waals surface area contributed by atoms with Crippen LogP contribution in [0.25, 0.3) is 0 Å². The van der Waals surface area contributed by atoms with Crippen LogP contribution in [0.5, 0.6) is 5.75 Å². The number of benzene rings is 1. The normalized spacial score (nSPS) is 22.8. The molecule has 0 spiro atoms. The first-order valence-electron chi connectivity index (χ1n) is 8.52. The lowest BCUT2D eigenvalue weighted by atomic mass is 9.96. The molecule has 1 saturated carbocycles. The van der Waals surface area contributed by atoms with Gasteiger partial charge in [-0.1, -0.05) is 46.1 Å². The van der Waals surface area contributed by atoms with Crippen molar-refractivity contribution < 1.29 is 14.6 Å². The van der Waals surface area contributed by atoms with E-state index >= 15 is 0 Å². The Labute approximate surface area is 156 Å². The molecular formula is C21H21BrO3. The lowest BCUT2D eigenvalue weighted by Crippen LogP contribution is -2.16. The first kappa shape index (κ1) is 17.8. The Bertz CT molecular complexity index is 765. The molecule has 0 radical (unpaired) electrons. The summed E-state index contributed by atoms with van der Waals surface area (Å²) in [6.45, 7) is 1.73. The van der Waals surface area contributed by atoms with E-state index in [4.69, 9.17) is 9.84 Å². The molecule has 1 fully saturated rings. The van der Waals surface area contributed by atoms with E-state index in [-0.39, 0.29) is 18.4 Å². The minimum atomic E-state index is -0.840. The molecular weight excluding hydrogens is 380 g/mol. The van der Waals surface area contributed by atoms with Crippen LogP contribution in [0.2, 0.25) is 0 Å². The molecule has 3 atom stereocenters. The van der Waals surface area contributed by atoms with E-state index in [1.807, 2.05) is 24.3 Å². The standard InChI is InChI=1S/C21H21BrO3/c1-2-3-15(13-21(23)24)14-4-8-18(9-5-14)25-20-11-6-16-12-17(22)7-10-19(16)20/h4-5,8-10,12,15,17,20H,6-7,11,13H2,1H3,(H,23,24)/t15-,17?,20?/m0/s1. The number of alkyl halides is 1. The average molecular weight is 401 g/mol. The van der Waals surface area contributed by atoms with Crippen LogP contribution in [0.3, 0.4) is 0 Å². The van der Waals surface area contributed by atoms with Crippen LogP contribution in [0.15, 0.2) is 47.6 Å². The van der Waals surface area contributed by atoms with Gasteiger partial charge < -0.3 is 9.84 Å². The summed E-state index contributed by atoms with van der Waals surface area (Å²) >= 11 is 3.65. The number of aliphatic carboxylic acids is 1. The van der Waals surface area contributed by atoms with Gasteiger partial charge in [-0.05, 0) is 55.0 Å². The molecule has 1 aromatic carbocycles. The zero-order valence-corrected chi connectivity index (χ0v) is 15.8. The Morgan fingerprint density at radius 2 is 2.16 bits per heavy atom. The zero-order valence-electron chi connectivity index (χ0n) is 14.2. The highest BCUT2D eigenvalue weighted by Gasteiger charge is 2.29. The smallest absolute Gasteiger partial charge is 0.304 e. The predicted molar refractivity (Wildman–Crippen MR) is 102 cm³/mol. The van der Waals surface area contributed by atoms with E-state index in [0.29, 0.717) is 4.83 Å². The topological polar surface area (TPSA) is 46.5 Å². The van der Waals surface area contributed by atoms with Gasteiger partial charge in [0.2, 0.25) is 0 Å². The van der Waals surface area contributed by atoms with Crippen LogP contribution in [0, 0.1) is 11.8 Å². The number of ether oxygens (including phenoxy) is 1. The minimum Gasteiger partial charge on any atom is -0.486 e. The fourth-order valence-electron chi connectivity index (χ4n) is 3.43. The van der Waals surface area contributed by atoms with Crippen LogP contribution in [-0.4, -0.2) is 22.0 Å². The van der Waals surface area contributed by atoms with Gasteiger partial charge in [-0.15, -0.1) is 5.92 Å². The van der Waals surface area contributed by atoms with Crippen LogP contribution in [0.1, 0.15) is 44.1 Å². The third kappa shape index (κ3) is 4.35. The molecule has 0 aromatic heterocycles. The van der Waals surface area contributed by atoms with E-state index in [9.17, 15) is 4.79 Å². The van der Waals surface area contributed by atoms with Gasteiger partial charge in [-0.2, -0.15) is 0 Å². The van der Waals surface area contributed by atoms with Gasteiger partial charge in [0, 0.05) is 4.83 Å². The lowest BCUT2D eigenvalue weighted by molar-refractivity contribution is -0.137. The fraction of sp³-hybridized carbons (Fsp3) is 0.381. The fourth-order valence-corrected chi connectivity index (χ4v) is 3.93. The summed E-state index contributed by atoms with van der Waals surface area (Å²) in [4.78, 5) is 11.4. The molecule has 3 nitrogen and oxygen atoms in total. The monoisotopic (exact) mass is 400 g/mol. The maximum Gasteiger partial charge on any atom is 0.304 e. The summed E-state index contributed by atoms with van der Waals surface area (Å²) in [6.07, 6.45) is 7.76. The SMILES string of the molecule is CC#C[C@@H](CC(=O)O)c1ccc(OC2CCC3=CC(Br)CC=C32)cc1. The number of allylic oxidation sites excluding steroid dienone is 2. The summed E-state index contributed by atoms with van der Waals surface area (Å²) in [5, 5.41) is 9.04. The van der Waals surface area contributed by atoms with Crippen LogP contribution in [-0.2, 0) is 4.79 Å². The highest BCUT2D eigenvalue weighted by molar-refractivity contribution is 9.09. The van der Waals surface area contributed by atoms with Gasteiger partial charge in [-0.3, -0.25) is 4.79 Å². The van der Waals surface area contributed by atoms with Crippen LogP contribution in [0.4, 0.5) is 0 Å². The second kappa shape index (κ2) is 7.93. The first-order valence-corrected chi connectivity index (χ1v) is 9.44. The van der Waals surface area contributed by atoms with Crippen molar-refractivity contribution in [3.8, 4) is 17.6 Å². The largest absolute Gasteiger partial charge is 0.486 e. The summed E-state index contributed by atoms with van der Waals surface area (Å²) < 4.78 is 6.18. The summed E-state index contributed by atoms with van der Waals surface area (Å²) in [7, 11) is 0. The van der Waals surface area contributed by atoms with Gasteiger partial charge >= 0.3 is 5.97 Å². The predicted octanol–water partition coefficient (Wildman–Crippen LogP) is 4.83. The molecule has 1 N–H and O–H groups in total.